The molecule has 2 aromatic carbocycles. The number of hydrogen-bond donors (Lipinski definition) is 2. The minimum atomic E-state index is 0.253. The summed E-state index contributed by atoms with van der Waals surface area (Å²) in [7, 11) is 3.27. The van der Waals surface area contributed by atoms with Gasteiger partial charge >= 0.3 is 0 Å². The molecule has 1 atom stereocenters. The van der Waals surface area contributed by atoms with Gasteiger partial charge in [0.25, 0.3) is 0 Å². The van der Waals surface area contributed by atoms with Crippen LogP contribution in [0.1, 0.15) is 23.6 Å². The van der Waals surface area contributed by atoms with E-state index in [1.54, 1.807) is 14.2 Å². The predicted molar refractivity (Wildman–Crippen MR) is 96.4 cm³/mol. The smallest absolute Gasteiger partial charge is 0.171 e. The van der Waals surface area contributed by atoms with Crippen molar-refractivity contribution in [1.82, 2.24) is 5.32 Å². The summed E-state index contributed by atoms with van der Waals surface area (Å²) in [6.07, 6.45) is 2.13. The Bertz CT molecular complexity index is 718. The van der Waals surface area contributed by atoms with Crippen LogP contribution >= 0.6 is 12.2 Å². The van der Waals surface area contributed by atoms with Gasteiger partial charge in [0, 0.05) is 6.07 Å². The molecule has 0 saturated carbocycles. The molecule has 0 spiro atoms. The zero-order valence-electron chi connectivity index (χ0n) is 13.3. The van der Waals surface area contributed by atoms with Gasteiger partial charge in [-0.15, -0.1) is 0 Å². The van der Waals surface area contributed by atoms with E-state index in [0.29, 0.717) is 5.11 Å². The largest absolute Gasteiger partial charge is 0.497 e. The molecule has 23 heavy (non-hydrogen) atoms. The Kier molecular flexibility index (Phi) is 4.67. The maximum absolute atomic E-state index is 5.47. The summed E-state index contributed by atoms with van der Waals surface area (Å²) in [6, 6.07) is 14.3. The van der Waals surface area contributed by atoms with Crippen LogP contribution in [0, 0.1) is 0 Å². The van der Waals surface area contributed by atoms with Crippen molar-refractivity contribution in [2.45, 2.75) is 18.9 Å². The number of hydrogen-bond acceptors (Lipinski definition) is 3. The maximum Gasteiger partial charge on any atom is 0.171 e. The zero-order chi connectivity index (χ0) is 16.2. The lowest BCUT2D eigenvalue weighted by Crippen LogP contribution is -2.31. The number of benzene rings is 2. The van der Waals surface area contributed by atoms with Gasteiger partial charge in [-0.2, -0.15) is 0 Å². The molecule has 1 aliphatic rings. The lowest BCUT2D eigenvalue weighted by Gasteiger charge is -2.19. The van der Waals surface area contributed by atoms with E-state index >= 15 is 0 Å². The lowest BCUT2D eigenvalue weighted by atomic mass is 10.1. The van der Waals surface area contributed by atoms with Crippen LogP contribution in [0.5, 0.6) is 11.5 Å². The number of aryl methyl sites for hydroxylation is 1. The number of methoxy groups -OCH3 is 2. The van der Waals surface area contributed by atoms with Crippen molar-refractivity contribution in [3.63, 3.8) is 0 Å². The molecule has 0 amide bonds. The molecule has 0 aliphatic heterocycles. The van der Waals surface area contributed by atoms with Crippen molar-refractivity contribution in [1.29, 1.82) is 0 Å². The van der Waals surface area contributed by atoms with E-state index in [1.807, 2.05) is 18.2 Å². The summed E-state index contributed by atoms with van der Waals surface area (Å²) in [5.74, 6) is 1.48. The van der Waals surface area contributed by atoms with E-state index in [2.05, 4.69) is 34.9 Å². The summed E-state index contributed by atoms with van der Waals surface area (Å²) < 4.78 is 10.6. The van der Waals surface area contributed by atoms with E-state index < -0.39 is 0 Å². The zero-order valence-corrected chi connectivity index (χ0v) is 14.1. The van der Waals surface area contributed by atoms with Crippen molar-refractivity contribution in [2.24, 2.45) is 0 Å². The summed E-state index contributed by atoms with van der Waals surface area (Å²) in [6.45, 7) is 0. The number of rotatable bonds is 4. The lowest BCUT2D eigenvalue weighted by molar-refractivity contribution is 0.405. The van der Waals surface area contributed by atoms with E-state index in [4.69, 9.17) is 21.7 Å². The highest BCUT2D eigenvalue weighted by Gasteiger charge is 2.22. The molecule has 0 saturated heterocycles. The van der Waals surface area contributed by atoms with Crippen LogP contribution in [0.3, 0.4) is 0 Å². The molecule has 0 bridgehead atoms. The third kappa shape index (κ3) is 3.40. The van der Waals surface area contributed by atoms with Gasteiger partial charge in [-0.1, -0.05) is 24.3 Å². The minimum Gasteiger partial charge on any atom is -0.497 e. The van der Waals surface area contributed by atoms with Gasteiger partial charge < -0.3 is 20.1 Å². The third-order valence-corrected chi connectivity index (χ3v) is 4.31. The van der Waals surface area contributed by atoms with Crippen LogP contribution < -0.4 is 20.1 Å². The fourth-order valence-corrected chi connectivity index (χ4v) is 3.19. The third-order valence-electron chi connectivity index (χ3n) is 4.09. The molecule has 0 aromatic heterocycles. The molecule has 0 heterocycles. The number of ether oxygens (including phenoxy) is 2. The van der Waals surface area contributed by atoms with Crippen LogP contribution in [-0.2, 0) is 6.42 Å². The summed E-state index contributed by atoms with van der Waals surface area (Å²) in [5.41, 5.74) is 3.51. The van der Waals surface area contributed by atoms with Crippen LogP contribution in [0.25, 0.3) is 0 Å². The molecule has 0 fully saturated rings. The molecule has 2 N–H and O–H groups in total. The Labute approximate surface area is 141 Å². The second-order valence-electron chi connectivity index (χ2n) is 5.45. The molecular weight excluding hydrogens is 308 g/mol. The minimum absolute atomic E-state index is 0.253. The first-order chi connectivity index (χ1) is 11.2. The number of anilines is 1. The SMILES string of the molecule is COc1ccc(OC)c(NC(=S)NC2CCc3ccccc32)c1. The Morgan fingerprint density at radius 1 is 1.13 bits per heavy atom. The maximum atomic E-state index is 5.47. The van der Waals surface area contributed by atoms with Crippen molar-refractivity contribution >= 4 is 23.0 Å². The second-order valence-corrected chi connectivity index (χ2v) is 5.86. The normalized spacial score (nSPS) is 15.7. The molecule has 4 nitrogen and oxygen atoms in total. The Morgan fingerprint density at radius 2 is 1.96 bits per heavy atom. The highest BCUT2D eigenvalue weighted by Crippen LogP contribution is 2.32. The molecule has 2 aromatic rings. The molecule has 3 rings (SSSR count). The molecule has 1 unspecified atom stereocenters. The Hall–Kier alpha value is -2.27. The van der Waals surface area contributed by atoms with Gasteiger partial charge in [-0.25, -0.2) is 0 Å². The Balaban J connectivity index is 1.71. The summed E-state index contributed by atoms with van der Waals surface area (Å²) >= 11 is 5.47. The summed E-state index contributed by atoms with van der Waals surface area (Å²) in [4.78, 5) is 0. The molecular formula is C18H20N2O2S. The summed E-state index contributed by atoms with van der Waals surface area (Å²) in [5, 5.41) is 7.19. The first-order valence-electron chi connectivity index (χ1n) is 7.58. The quantitative estimate of drug-likeness (QED) is 0.838. The average molecular weight is 328 g/mol. The van der Waals surface area contributed by atoms with Crippen molar-refractivity contribution in [3.8, 4) is 11.5 Å². The van der Waals surface area contributed by atoms with Gasteiger partial charge in [-0.3, -0.25) is 0 Å². The second kappa shape index (κ2) is 6.87. The van der Waals surface area contributed by atoms with Gasteiger partial charge in [-0.05, 0) is 48.3 Å². The van der Waals surface area contributed by atoms with Crippen LogP contribution in [0.4, 0.5) is 5.69 Å². The average Bonchev–Trinajstić information content (AvgIpc) is 2.98. The number of fused-ring (bicyclic) bond motifs is 1. The highest BCUT2D eigenvalue weighted by molar-refractivity contribution is 7.80. The molecule has 1 aliphatic carbocycles. The van der Waals surface area contributed by atoms with E-state index in [1.165, 1.54) is 11.1 Å². The fourth-order valence-electron chi connectivity index (χ4n) is 2.94. The van der Waals surface area contributed by atoms with Crippen LogP contribution in [0.15, 0.2) is 42.5 Å². The van der Waals surface area contributed by atoms with E-state index in [0.717, 1.165) is 30.0 Å². The monoisotopic (exact) mass is 328 g/mol. The van der Waals surface area contributed by atoms with Gasteiger partial charge in [0.05, 0.1) is 25.9 Å². The topological polar surface area (TPSA) is 42.5 Å². The molecule has 0 radical (unpaired) electrons. The highest BCUT2D eigenvalue weighted by atomic mass is 32.1. The van der Waals surface area contributed by atoms with E-state index in [9.17, 15) is 0 Å². The first-order valence-corrected chi connectivity index (χ1v) is 7.99. The fraction of sp³-hybridized carbons (Fsp3) is 0.278. The van der Waals surface area contributed by atoms with Gasteiger partial charge in [0.15, 0.2) is 5.11 Å². The number of thiocarbonyl (C=S) groups is 1. The van der Waals surface area contributed by atoms with Crippen LogP contribution in [-0.4, -0.2) is 19.3 Å². The standard InChI is InChI=1S/C18H20N2O2S/c1-21-13-8-10-17(22-2)16(11-13)20-18(23)19-15-9-7-12-5-3-4-6-14(12)15/h3-6,8,10-11,15H,7,9H2,1-2H3,(H2,19,20,23). The predicted octanol–water partition coefficient (Wildman–Crippen LogP) is 3.68. The van der Waals surface area contributed by atoms with Crippen molar-refractivity contribution in [3.05, 3.63) is 53.6 Å². The molecule has 120 valence electrons. The first kappa shape index (κ1) is 15.6. The van der Waals surface area contributed by atoms with E-state index in [-0.39, 0.29) is 6.04 Å². The number of nitrogens with one attached hydrogen (secondary N) is 2. The molecule has 5 heteroatoms. The van der Waals surface area contributed by atoms with Crippen LogP contribution in [0.2, 0.25) is 0 Å². The van der Waals surface area contributed by atoms with Crippen molar-refractivity contribution < 1.29 is 9.47 Å². The van der Waals surface area contributed by atoms with Crippen molar-refractivity contribution in [2.75, 3.05) is 19.5 Å². The van der Waals surface area contributed by atoms with Gasteiger partial charge in [0.2, 0.25) is 0 Å². The van der Waals surface area contributed by atoms with Gasteiger partial charge in [0.1, 0.15) is 11.5 Å². The Morgan fingerprint density at radius 3 is 2.74 bits per heavy atom.